The van der Waals surface area contributed by atoms with Crippen LogP contribution in [0.25, 0.3) is 0 Å². The van der Waals surface area contributed by atoms with E-state index >= 15 is 0 Å². The summed E-state index contributed by atoms with van der Waals surface area (Å²) in [6.45, 7) is 2.73. The fourth-order valence-electron chi connectivity index (χ4n) is 2.03. The van der Waals surface area contributed by atoms with Gasteiger partial charge in [-0.2, -0.15) is 0 Å². The highest BCUT2D eigenvalue weighted by Gasteiger charge is 2.16. The van der Waals surface area contributed by atoms with Crippen LogP contribution in [0.3, 0.4) is 0 Å². The highest BCUT2D eigenvalue weighted by atomic mass is 127. The summed E-state index contributed by atoms with van der Waals surface area (Å²) in [7, 11) is 0. The summed E-state index contributed by atoms with van der Waals surface area (Å²) in [4.78, 5) is 0. The van der Waals surface area contributed by atoms with Gasteiger partial charge in [0.25, 0.3) is 0 Å². The Balaban J connectivity index is 2.45. The number of halogens is 3. The van der Waals surface area contributed by atoms with Gasteiger partial charge in [0.1, 0.15) is 11.6 Å². The van der Waals surface area contributed by atoms with E-state index in [1.807, 2.05) is 13.0 Å². The lowest BCUT2D eigenvalue weighted by Crippen LogP contribution is -2.23. The summed E-state index contributed by atoms with van der Waals surface area (Å²) < 4.78 is 27.4. The maximum atomic E-state index is 13.4. The minimum atomic E-state index is -0.266. The van der Waals surface area contributed by atoms with E-state index in [2.05, 4.69) is 27.9 Å². The van der Waals surface area contributed by atoms with Crippen LogP contribution in [-0.2, 0) is 0 Å². The maximum Gasteiger partial charge on any atom is 0.124 e. The van der Waals surface area contributed by atoms with Gasteiger partial charge in [-0.15, -0.1) is 0 Å². The predicted molar refractivity (Wildman–Crippen MR) is 81.0 cm³/mol. The van der Waals surface area contributed by atoms with Crippen molar-refractivity contribution in [2.24, 2.45) is 0 Å². The molecule has 1 unspecified atom stereocenters. The van der Waals surface area contributed by atoms with Crippen molar-refractivity contribution in [2.45, 2.75) is 13.0 Å². The van der Waals surface area contributed by atoms with E-state index in [4.69, 9.17) is 0 Å². The van der Waals surface area contributed by atoms with Crippen molar-refractivity contribution in [3.63, 3.8) is 0 Å². The average Bonchev–Trinajstić information content (AvgIpc) is 2.37. The highest BCUT2D eigenvalue weighted by molar-refractivity contribution is 14.1. The standard InChI is InChI=1S/C15H14F2IN/c1-2-19-15(10-4-3-5-11(16)8-10)13-7-6-12(17)9-14(13)18/h3-9,15,19H,2H2,1H3. The molecule has 0 aliphatic carbocycles. The number of nitrogens with one attached hydrogen (secondary N) is 1. The van der Waals surface area contributed by atoms with Gasteiger partial charge in [-0.1, -0.05) is 25.1 Å². The van der Waals surface area contributed by atoms with E-state index in [1.165, 1.54) is 24.3 Å². The minimum absolute atomic E-state index is 0.131. The van der Waals surface area contributed by atoms with E-state index in [9.17, 15) is 8.78 Å². The molecule has 0 spiro atoms. The van der Waals surface area contributed by atoms with Crippen LogP contribution in [0.5, 0.6) is 0 Å². The molecule has 1 N–H and O–H groups in total. The first-order valence-corrected chi connectivity index (χ1v) is 7.13. The van der Waals surface area contributed by atoms with Crippen LogP contribution in [-0.4, -0.2) is 6.54 Å². The van der Waals surface area contributed by atoms with Crippen molar-refractivity contribution in [1.82, 2.24) is 5.32 Å². The number of hydrogen-bond acceptors (Lipinski definition) is 1. The van der Waals surface area contributed by atoms with Gasteiger partial charge in [0.2, 0.25) is 0 Å². The Bertz CT molecular complexity index is 572. The largest absolute Gasteiger partial charge is 0.306 e. The zero-order valence-corrected chi connectivity index (χ0v) is 12.6. The van der Waals surface area contributed by atoms with Crippen LogP contribution >= 0.6 is 22.6 Å². The van der Waals surface area contributed by atoms with Gasteiger partial charge in [0.05, 0.1) is 6.04 Å². The molecule has 2 rings (SSSR count). The molecule has 0 bridgehead atoms. The topological polar surface area (TPSA) is 12.0 Å². The van der Waals surface area contributed by atoms with Crippen molar-refractivity contribution in [1.29, 1.82) is 0 Å². The van der Waals surface area contributed by atoms with Gasteiger partial charge in [-0.3, -0.25) is 0 Å². The second-order valence-corrected chi connectivity index (χ2v) is 5.37. The Hall–Kier alpha value is -1.01. The predicted octanol–water partition coefficient (Wildman–Crippen LogP) is 4.27. The van der Waals surface area contributed by atoms with E-state index in [1.54, 1.807) is 12.1 Å². The van der Waals surface area contributed by atoms with Crippen LogP contribution in [0.1, 0.15) is 24.1 Å². The molecule has 0 fully saturated rings. The normalized spacial score (nSPS) is 12.4. The summed E-state index contributed by atoms with van der Waals surface area (Å²) in [5.41, 5.74) is 1.79. The smallest absolute Gasteiger partial charge is 0.124 e. The van der Waals surface area contributed by atoms with E-state index < -0.39 is 0 Å². The molecule has 0 aliphatic rings. The van der Waals surface area contributed by atoms with Crippen LogP contribution in [0.4, 0.5) is 8.78 Å². The fourth-order valence-corrected chi connectivity index (χ4v) is 2.82. The highest BCUT2D eigenvalue weighted by Crippen LogP contribution is 2.27. The molecule has 2 aromatic carbocycles. The summed E-state index contributed by atoms with van der Waals surface area (Å²) >= 11 is 2.10. The van der Waals surface area contributed by atoms with Crippen molar-refractivity contribution in [3.05, 3.63) is 68.8 Å². The van der Waals surface area contributed by atoms with Crippen LogP contribution in [0.2, 0.25) is 0 Å². The zero-order valence-electron chi connectivity index (χ0n) is 10.5. The van der Waals surface area contributed by atoms with E-state index in [-0.39, 0.29) is 17.7 Å². The second kappa shape index (κ2) is 6.43. The monoisotopic (exact) mass is 373 g/mol. The Morgan fingerprint density at radius 3 is 2.47 bits per heavy atom. The molecule has 0 saturated heterocycles. The summed E-state index contributed by atoms with van der Waals surface area (Å²) in [6, 6.07) is 11.0. The van der Waals surface area contributed by atoms with Gasteiger partial charge in [0.15, 0.2) is 0 Å². The molecule has 0 radical (unpaired) electrons. The van der Waals surface area contributed by atoms with E-state index in [0.29, 0.717) is 0 Å². The van der Waals surface area contributed by atoms with Crippen LogP contribution in [0.15, 0.2) is 42.5 Å². The first-order chi connectivity index (χ1) is 9.11. The molecule has 0 amide bonds. The van der Waals surface area contributed by atoms with Gasteiger partial charge < -0.3 is 5.32 Å². The quantitative estimate of drug-likeness (QED) is 0.790. The molecule has 4 heteroatoms. The number of benzene rings is 2. The number of hydrogen-bond donors (Lipinski definition) is 1. The second-order valence-electron chi connectivity index (χ2n) is 4.21. The van der Waals surface area contributed by atoms with Gasteiger partial charge in [-0.05, 0) is 64.5 Å². The Morgan fingerprint density at radius 2 is 1.84 bits per heavy atom. The summed E-state index contributed by atoms with van der Waals surface area (Å²) in [5.74, 6) is -0.528. The molecule has 2 aromatic rings. The molecule has 19 heavy (non-hydrogen) atoms. The van der Waals surface area contributed by atoms with Crippen molar-refractivity contribution in [3.8, 4) is 0 Å². The van der Waals surface area contributed by atoms with Crippen LogP contribution < -0.4 is 5.32 Å². The van der Waals surface area contributed by atoms with Crippen LogP contribution in [0, 0.1) is 15.2 Å². The molecule has 1 nitrogen and oxygen atoms in total. The SMILES string of the molecule is CCNC(c1cccc(F)c1)c1ccc(F)cc1I. The maximum absolute atomic E-state index is 13.4. The molecule has 0 heterocycles. The Morgan fingerprint density at radius 1 is 1.11 bits per heavy atom. The summed E-state index contributed by atoms with van der Waals surface area (Å²) in [6.07, 6.45) is 0. The lowest BCUT2D eigenvalue weighted by molar-refractivity contribution is 0.597. The minimum Gasteiger partial charge on any atom is -0.306 e. The third-order valence-corrected chi connectivity index (χ3v) is 3.80. The first kappa shape index (κ1) is 14.4. The molecular weight excluding hydrogens is 359 g/mol. The van der Waals surface area contributed by atoms with Gasteiger partial charge in [-0.25, -0.2) is 8.78 Å². The van der Waals surface area contributed by atoms with Crippen molar-refractivity contribution >= 4 is 22.6 Å². The summed E-state index contributed by atoms with van der Waals surface area (Å²) in [5, 5.41) is 3.31. The molecule has 0 aliphatic heterocycles. The van der Waals surface area contributed by atoms with Gasteiger partial charge in [0, 0.05) is 3.57 Å². The van der Waals surface area contributed by atoms with E-state index in [0.717, 1.165) is 21.2 Å². The van der Waals surface area contributed by atoms with Gasteiger partial charge >= 0.3 is 0 Å². The molecule has 0 aromatic heterocycles. The third-order valence-electron chi connectivity index (χ3n) is 2.86. The fraction of sp³-hybridized carbons (Fsp3) is 0.200. The molecule has 100 valence electrons. The van der Waals surface area contributed by atoms with Crippen molar-refractivity contribution < 1.29 is 8.78 Å². The lowest BCUT2D eigenvalue weighted by atomic mass is 9.98. The number of rotatable bonds is 4. The Labute approximate surface area is 125 Å². The lowest BCUT2D eigenvalue weighted by Gasteiger charge is -2.20. The first-order valence-electron chi connectivity index (χ1n) is 6.05. The third kappa shape index (κ3) is 3.51. The molecular formula is C15H14F2IN. The average molecular weight is 373 g/mol. The Kier molecular flexibility index (Phi) is 4.87. The molecule has 1 atom stereocenters. The molecule has 0 saturated carbocycles. The van der Waals surface area contributed by atoms with Crippen molar-refractivity contribution in [2.75, 3.05) is 6.54 Å². The zero-order chi connectivity index (χ0) is 13.8.